The van der Waals surface area contributed by atoms with Gasteiger partial charge in [-0.05, 0) is 30.3 Å². The smallest absolute Gasteiger partial charge is 0.258 e. The van der Waals surface area contributed by atoms with E-state index in [1.54, 1.807) is 31.4 Å². The summed E-state index contributed by atoms with van der Waals surface area (Å²) in [5, 5.41) is 0.100. The van der Waals surface area contributed by atoms with Crippen LogP contribution in [-0.4, -0.2) is 16.7 Å². The molecule has 0 fully saturated rings. The normalized spacial score (nSPS) is 10.9. The Morgan fingerprint density at radius 1 is 1.18 bits per heavy atom. The van der Waals surface area contributed by atoms with E-state index in [1.165, 1.54) is 10.6 Å². The number of ether oxygens (including phenoxy) is 1. The molecule has 0 aliphatic heterocycles. The fourth-order valence-corrected chi connectivity index (χ4v) is 2.51. The molecule has 0 aliphatic carbocycles. The molecule has 1 aromatic carbocycles. The second kappa shape index (κ2) is 5.59. The van der Waals surface area contributed by atoms with Gasteiger partial charge in [0.05, 0.1) is 17.8 Å². The monoisotopic (exact) mass is 338 g/mol. The fourth-order valence-electron chi connectivity index (χ4n) is 2.14. The summed E-state index contributed by atoms with van der Waals surface area (Å²) in [7, 11) is 1.54. The van der Waals surface area contributed by atoms with E-state index in [4.69, 9.17) is 27.9 Å². The largest absolute Gasteiger partial charge is 0.497 e. The summed E-state index contributed by atoms with van der Waals surface area (Å²) in [5.74, 6) is -0.0527. The highest BCUT2D eigenvalue weighted by Crippen LogP contribution is 2.26. The van der Waals surface area contributed by atoms with Gasteiger partial charge in [-0.25, -0.2) is 9.37 Å². The van der Waals surface area contributed by atoms with Crippen LogP contribution < -0.4 is 10.3 Å². The molecule has 0 aliphatic rings. The number of aromatic nitrogens is 2. The number of hydrogen-bond acceptors (Lipinski definition) is 3. The third-order valence-electron chi connectivity index (χ3n) is 3.18. The summed E-state index contributed by atoms with van der Waals surface area (Å²) in [5.41, 5.74) is 0.342. The summed E-state index contributed by atoms with van der Waals surface area (Å²) >= 11 is 11.7. The maximum absolute atomic E-state index is 13.6. The van der Waals surface area contributed by atoms with Crippen LogP contribution in [-0.2, 0) is 0 Å². The molecule has 0 saturated carbocycles. The van der Waals surface area contributed by atoms with Gasteiger partial charge in [-0.1, -0.05) is 23.2 Å². The van der Waals surface area contributed by atoms with Gasteiger partial charge in [0.25, 0.3) is 5.56 Å². The molecule has 112 valence electrons. The van der Waals surface area contributed by atoms with Crippen molar-refractivity contribution in [2.45, 2.75) is 0 Å². The van der Waals surface area contributed by atoms with Gasteiger partial charge in [-0.2, -0.15) is 0 Å². The molecule has 0 spiro atoms. The van der Waals surface area contributed by atoms with Gasteiger partial charge in [-0.3, -0.25) is 9.36 Å². The maximum Gasteiger partial charge on any atom is 0.258 e. The first-order valence-electron chi connectivity index (χ1n) is 6.23. The average Bonchev–Trinajstić information content (AvgIpc) is 2.50. The van der Waals surface area contributed by atoms with Gasteiger partial charge < -0.3 is 4.74 Å². The molecule has 7 heteroatoms. The minimum absolute atomic E-state index is 0.118. The lowest BCUT2D eigenvalue weighted by atomic mass is 10.2. The molecular weight excluding hydrogens is 330 g/mol. The Morgan fingerprint density at radius 3 is 2.50 bits per heavy atom. The Balaban J connectivity index is 2.37. The van der Waals surface area contributed by atoms with Crippen LogP contribution >= 0.6 is 23.2 Å². The van der Waals surface area contributed by atoms with Crippen LogP contribution in [0, 0.1) is 5.82 Å². The van der Waals surface area contributed by atoms with Crippen LogP contribution in [0.4, 0.5) is 4.39 Å². The summed E-state index contributed by atoms with van der Waals surface area (Å²) in [6.45, 7) is 0. The second-order valence-electron chi connectivity index (χ2n) is 4.50. The van der Waals surface area contributed by atoms with E-state index in [0.29, 0.717) is 16.8 Å². The zero-order chi connectivity index (χ0) is 15.9. The van der Waals surface area contributed by atoms with E-state index in [9.17, 15) is 9.18 Å². The molecule has 2 heterocycles. The summed E-state index contributed by atoms with van der Waals surface area (Å²) in [4.78, 5) is 16.2. The SMILES string of the molecule is COc1ccc(-n2c(=O)cc(Cl)c3cc(F)c(Cl)nc32)cc1. The lowest BCUT2D eigenvalue weighted by molar-refractivity contribution is 0.414. The van der Waals surface area contributed by atoms with Crippen LogP contribution in [0.2, 0.25) is 10.2 Å². The Kier molecular flexibility index (Phi) is 3.76. The Bertz CT molecular complexity index is 923. The summed E-state index contributed by atoms with van der Waals surface area (Å²) < 4.78 is 20.0. The van der Waals surface area contributed by atoms with Crippen molar-refractivity contribution in [3.8, 4) is 11.4 Å². The molecule has 4 nitrogen and oxygen atoms in total. The first-order chi connectivity index (χ1) is 10.5. The van der Waals surface area contributed by atoms with Crippen LogP contribution in [0.5, 0.6) is 5.75 Å². The second-order valence-corrected chi connectivity index (χ2v) is 5.26. The quantitative estimate of drug-likeness (QED) is 0.667. The number of fused-ring (bicyclic) bond motifs is 1. The first-order valence-corrected chi connectivity index (χ1v) is 6.98. The number of hydrogen-bond donors (Lipinski definition) is 0. The molecular formula is C15H9Cl2FN2O2. The van der Waals surface area contributed by atoms with Crippen LogP contribution in [0.25, 0.3) is 16.7 Å². The zero-order valence-electron chi connectivity index (χ0n) is 11.3. The number of benzene rings is 1. The number of halogens is 3. The van der Waals surface area contributed by atoms with Crippen LogP contribution in [0.1, 0.15) is 0 Å². The van der Waals surface area contributed by atoms with Gasteiger partial charge in [0, 0.05) is 11.5 Å². The standard InChI is InChI=1S/C15H9Cl2FN2O2/c1-22-9-4-2-8(3-5-9)20-13(21)7-11(16)10-6-12(18)14(17)19-15(10)20/h2-7H,1H3. The van der Waals surface area contributed by atoms with Crippen molar-refractivity contribution in [3.63, 3.8) is 0 Å². The maximum atomic E-state index is 13.6. The van der Waals surface area contributed by atoms with Gasteiger partial charge in [-0.15, -0.1) is 0 Å². The van der Waals surface area contributed by atoms with E-state index < -0.39 is 11.4 Å². The van der Waals surface area contributed by atoms with Gasteiger partial charge in [0.15, 0.2) is 16.6 Å². The first kappa shape index (κ1) is 14.8. The van der Waals surface area contributed by atoms with Gasteiger partial charge in [0.1, 0.15) is 5.75 Å². The predicted octanol–water partition coefficient (Wildman–Crippen LogP) is 3.84. The third-order valence-corrected chi connectivity index (χ3v) is 3.76. The molecule has 3 rings (SSSR count). The lowest BCUT2D eigenvalue weighted by Crippen LogP contribution is -2.19. The Morgan fingerprint density at radius 2 is 1.86 bits per heavy atom. The van der Waals surface area contributed by atoms with Crippen molar-refractivity contribution >= 4 is 34.2 Å². The van der Waals surface area contributed by atoms with Crippen molar-refractivity contribution in [1.29, 1.82) is 0 Å². The molecule has 0 atom stereocenters. The van der Waals surface area contributed by atoms with E-state index in [0.717, 1.165) is 6.07 Å². The van der Waals surface area contributed by atoms with Crippen molar-refractivity contribution < 1.29 is 9.13 Å². The number of pyridine rings is 2. The molecule has 0 radical (unpaired) electrons. The highest BCUT2D eigenvalue weighted by molar-refractivity contribution is 6.35. The Labute approximate surface area is 134 Å². The fraction of sp³-hybridized carbons (Fsp3) is 0.0667. The highest BCUT2D eigenvalue weighted by Gasteiger charge is 2.14. The zero-order valence-corrected chi connectivity index (χ0v) is 12.8. The summed E-state index contributed by atoms with van der Waals surface area (Å²) in [6.07, 6.45) is 0. The minimum Gasteiger partial charge on any atom is -0.497 e. The highest BCUT2D eigenvalue weighted by atomic mass is 35.5. The average molecular weight is 339 g/mol. The van der Waals surface area contributed by atoms with Crippen LogP contribution in [0.3, 0.4) is 0 Å². The van der Waals surface area contributed by atoms with Crippen molar-refractivity contribution in [3.05, 3.63) is 62.7 Å². The van der Waals surface area contributed by atoms with Crippen molar-refractivity contribution in [2.24, 2.45) is 0 Å². The Hall–Kier alpha value is -2.11. The molecule has 0 saturated heterocycles. The van der Waals surface area contributed by atoms with E-state index in [1.807, 2.05) is 0 Å². The summed E-state index contributed by atoms with van der Waals surface area (Å²) in [6, 6.07) is 9.15. The molecule has 0 amide bonds. The molecule has 3 aromatic rings. The molecule has 0 unspecified atom stereocenters. The number of methoxy groups -OCH3 is 1. The third kappa shape index (κ3) is 2.42. The molecule has 22 heavy (non-hydrogen) atoms. The lowest BCUT2D eigenvalue weighted by Gasteiger charge is -2.11. The number of rotatable bonds is 2. The minimum atomic E-state index is -0.698. The van der Waals surface area contributed by atoms with Crippen molar-refractivity contribution in [2.75, 3.05) is 7.11 Å². The molecule has 0 bridgehead atoms. The molecule has 2 aromatic heterocycles. The van der Waals surface area contributed by atoms with E-state index in [-0.39, 0.29) is 15.8 Å². The topological polar surface area (TPSA) is 44.1 Å². The van der Waals surface area contributed by atoms with Crippen molar-refractivity contribution in [1.82, 2.24) is 9.55 Å². The van der Waals surface area contributed by atoms with Gasteiger partial charge >= 0.3 is 0 Å². The van der Waals surface area contributed by atoms with E-state index in [2.05, 4.69) is 4.98 Å². The molecule has 0 N–H and O–H groups in total. The van der Waals surface area contributed by atoms with E-state index >= 15 is 0 Å². The number of nitrogens with zero attached hydrogens (tertiary/aromatic N) is 2. The van der Waals surface area contributed by atoms with Crippen LogP contribution in [0.15, 0.2) is 41.2 Å². The van der Waals surface area contributed by atoms with Gasteiger partial charge in [0.2, 0.25) is 0 Å². The predicted molar refractivity (Wildman–Crippen MR) is 83.9 cm³/mol.